The van der Waals surface area contributed by atoms with E-state index >= 15 is 0 Å². The first-order valence-electron chi connectivity index (χ1n) is 6.36. The van der Waals surface area contributed by atoms with Crippen molar-refractivity contribution in [2.75, 3.05) is 19.0 Å². The number of benzene rings is 2. The number of allylic oxidation sites excluding steroid dienone is 1. The summed E-state index contributed by atoms with van der Waals surface area (Å²) >= 11 is 7.01. The largest absolute Gasteiger partial charge is 0.378 e. The third-order valence-electron chi connectivity index (χ3n) is 3.07. The van der Waals surface area contributed by atoms with Crippen LogP contribution in [0.5, 0.6) is 0 Å². The fourth-order valence-corrected chi connectivity index (χ4v) is 3.38. The molecule has 0 amide bonds. The summed E-state index contributed by atoms with van der Waals surface area (Å²) < 4.78 is 1.80. The third kappa shape index (κ3) is 3.75. The van der Waals surface area contributed by atoms with Crippen LogP contribution in [0, 0.1) is 11.3 Å². The molecular formula is C17H14Br2N2. The predicted molar refractivity (Wildman–Crippen MR) is 96.1 cm³/mol. The van der Waals surface area contributed by atoms with E-state index < -0.39 is 0 Å². The van der Waals surface area contributed by atoms with Gasteiger partial charge in [0.25, 0.3) is 0 Å². The maximum Gasteiger partial charge on any atom is 0.0999 e. The van der Waals surface area contributed by atoms with E-state index in [1.54, 1.807) is 0 Å². The average molecular weight is 406 g/mol. The van der Waals surface area contributed by atoms with Gasteiger partial charge in [-0.2, -0.15) is 5.26 Å². The zero-order valence-corrected chi connectivity index (χ0v) is 14.9. The van der Waals surface area contributed by atoms with Gasteiger partial charge in [0, 0.05) is 34.3 Å². The van der Waals surface area contributed by atoms with E-state index in [4.69, 9.17) is 0 Å². The summed E-state index contributed by atoms with van der Waals surface area (Å²) in [4.78, 5) is 2.04. The van der Waals surface area contributed by atoms with E-state index in [0.717, 1.165) is 25.8 Å². The monoisotopic (exact) mass is 404 g/mol. The van der Waals surface area contributed by atoms with Gasteiger partial charge in [0.2, 0.25) is 0 Å². The van der Waals surface area contributed by atoms with Crippen LogP contribution in [-0.2, 0) is 0 Å². The molecule has 0 aliphatic heterocycles. The van der Waals surface area contributed by atoms with Gasteiger partial charge >= 0.3 is 0 Å². The van der Waals surface area contributed by atoms with Crippen LogP contribution in [0.2, 0.25) is 0 Å². The molecule has 0 atom stereocenters. The molecule has 106 valence electrons. The highest BCUT2D eigenvalue weighted by Crippen LogP contribution is 2.32. The lowest BCUT2D eigenvalue weighted by Gasteiger charge is -2.12. The fraction of sp³-hybridized carbons (Fsp3) is 0.118. The Morgan fingerprint density at radius 2 is 1.62 bits per heavy atom. The predicted octanol–water partition coefficient (Wildman–Crippen LogP) is 5.34. The van der Waals surface area contributed by atoms with Crippen LogP contribution in [0.15, 0.2) is 51.4 Å². The third-order valence-corrected chi connectivity index (χ3v) is 4.39. The smallest absolute Gasteiger partial charge is 0.0999 e. The Balaban J connectivity index is 2.44. The molecule has 21 heavy (non-hydrogen) atoms. The summed E-state index contributed by atoms with van der Waals surface area (Å²) in [6.07, 6.45) is 1.89. The minimum absolute atomic E-state index is 0.618. The Bertz CT molecular complexity index is 690. The normalized spacial score (nSPS) is 11.1. The van der Waals surface area contributed by atoms with E-state index in [1.165, 1.54) is 0 Å². The Hall–Kier alpha value is -1.57. The minimum atomic E-state index is 0.618. The summed E-state index contributed by atoms with van der Waals surface area (Å²) in [7, 11) is 4.01. The average Bonchev–Trinajstić information content (AvgIpc) is 2.46. The summed E-state index contributed by atoms with van der Waals surface area (Å²) in [5.41, 5.74) is 3.62. The standard InChI is InChI=1S/C17H14Br2N2/c1-21(2)14-8-6-12(7-9-14)10-13(11-20)17-15(18)4-3-5-16(17)19/h3-10H,1-2H3/b13-10-. The zero-order chi connectivity index (χ0) is 15.4. The highest BCUT2D eigenvalue weighted by molar-refractivity contribution is 9.11. The Labute approximate surface area is 142 Å². The highest BCUT2D eigenvalue weighted by Gasteiger charge is 2.10. The molecule has 0 aliphatic carbocycles. The van der Waals surface area contributed by atoms with E-state index in [-0.39, 0.29) is 0 Å². The van der Waals surface area contributed by atoms with Crippen molar-refractivity contribution in [1.82, 2.24) is 0 Å². The first kappa shape index (κ1) is 15.8. The van der Waals surface area contributed by atoms with Gasteiger partial charge in [0.15, 0.2) is 0 Å². The number of rotatable bonds is 3. The van der Waals surface area contributed by atoms with Crippen molar-refractivity contribution in [3.8, 4) is 6.07 Å². The molecule has 0 saturated carbocycles. The molecule has 2 nitrogen and oxygen atoms in total. The molecule has 0 saturated heterocycles. The van der Waals surface area contributed by atoms with Crippen molar-refractivity contribution in [3.63, 3.8) is 0 Å². The number of hydrogen-bond donors (Lipinski definition) is 0. The lowest BCUT2D eigenvalue weighted by atomic mass is 10.0. The molecule has 4 heteroatoms. The molecule has 2 aromatic carbocycles. The molecule has 2 rings (SSSR count). The van der Waals surface area contributed by atoms with Gasteiger partial charge in [0.05, 0.1) is 11.6 Å². The van der Waals surface area contributed by atoms with Gasteiger partial charge in [-0.05, 0) is 35.9 Å². The topological polar surface area (TPSA) is 27.0 Å². The summed E-state index contributed by atoms with van der Waals surface area (Å²) in [6, 6.07) is 16.2. The molecule has 0 fully saturated rings. The number of anilines is 1. The van der Waals surface area contributed by atoms with Gasteiger partial charge in [-0.25, -0.2) is 0 Å². The summed E-state index contributed by atoms with van der Waals surface area (Å²) in [5, 5.41) is 9.46. The van der Waals surface area contributed by atoms with Crippen LogP contribution in [0.25, 0.3) is 11.6 Å². The van der Waals surface area contributed by atoms with Crippen LogP contribution in [0.4, 0.5) is 5.69 Å². The van der Waals surface area contributed by atoms with Crippen LogP contribution < -0.4 is 4.90 Å². The van der Waals surface area contributed by atoms with Crippen LogP contribution in [0.1, 0.15) is 11.1 Å². The zero-order valence-electron chi connectivity index (χ0n) is 11.8. The van der Waals surface area contributed by atoms with Gasteiger partial charge in [0.1, 0.15) is 0 Å². The molecule has 0 radical (unpaired) electrons. The molecule has 0 aromatic heterocycles. The van der Waals surface area contributed by atoms with Gasteiger partial charge < -0.3 is 4.90 Å². The second kappa shape index (κ2) is 6.93. The fourth-order valence-electron chi connectivity index (χ4n) is 1.95. The van der Waals surface area contributed by atoms with Crippen molar-refractivity contribution in [3.05, 3.63) is 62.5 Å². The summed E-state index contributed by atoms with van der Waals surface area (Å²) in [6.45, 7) is 0. The van der Waals surface area contributed by atoms with Crippen molar-refractivity contribution >= 4 is 49.2 Å². The van der Waals surface area contributed by atoms with Crippen molar-refractivity contribution in [1.29, 1.82) is 5.26 Å². The van der Waals surface area contributed by atoms with Crippen LogP contribution >= 0.6 is 31.9 Å². The van der Waals surface area contributed by atoms with Crippen LogP contribution in [0.3, 0.4) is 0 Å². The van der Waals surface area contributed by atoms with Gasteiger partial charge in [-0.3, -0.25) is 0 Å². The van der Waals surface area contributed by atoms with Crippen molar-refractivity contribution < 1.29 is 0 Å². The molecule has 0 spiro atoms. The second-order valence-electron chi connectivity index (χ2n) is 4.75. The Kier molecular flexibility index (Phi) is 5.22. The number of hydrogen-bond acceptors (Lipinski definition) is 2. The molecule has 2 aromatic rings. The quantitative estimate of drug-likeness (QED) is 0.508. The van der Waals surface area contributed by atoms with Crippen molar-refractivity contribution in [2.24, 2.45) is 0 Å². The second-order valence-corrected chi connectivity index (χ2v) is 6.46. The first-order valence-corrected chi connectivity index (χ1v) is 7.95. The van der Waals surface area contributed by atoms with Gasteiger partial charge in [-0.1, -0.05) is 50.1 Å². The van der Waals surface area contributed by atoms with Gasteiger partial charge in [-0.15, -0.1) is 0 Å². The van der Waals surface area contributed by atoms with E-state index in [0.29, 0.717) is 5.57 Å². The molecule has 0 aliphatic rings. The number of nitrogens with zero attached hydrogens (tertiary/aromatic N) is 2. The minimum Gasteiger partial charge on any atom is -0.378 e. The Morgan fingerprint density at radius 3 is 2.10 bits per heavy atom. The van der Waals surface area contributed by atoms with E-state index in [9.17, 15) is 5.26 Å². The Morgan fingerprint density at radius 1 is 1.05 bits per heavy atom. The highest BCUT2D eigenvalue weighted by atomic mass is 79.9. The molecule has 0 heterocycles. The van der Waals surface area contributed by atoms with Crippen molar-refractivity contribution in [2.45, 2.75) is 0 Å². The number of halogens is 2. The SMILES string of the molecule is CN(C)c1ccc(/C=C(/C#N)c2c(Br)cccc2Br)cc1. The maximum atomic E-state index is 9.46. The van der Waals surface area contributed by atoms with Crippen LogP contribution in [-0.4, -0.2) is 14.1 Å². The van der Waals surface area contributed by atoms with E-state index in [2.05, 4.69) is 37.9 Å². The lowest BCUT2D eigenvalue weighted by Crippen LogP contribution is -2.07. The lowest BCUT2D eigenvalue weighted by molar-refractivity contribution is 1.13. The summed E-state index contributed by atoms with van der Waals surface area (Å²) in [5.74, 6) is 0. The van der Waals surface area contributed by atoms with E-state index in [1.807, 2.05) is 67.5 Å². The molecule has 0 unspecified atom stereocenters. The maximum absolute atomic E-state index is 9.46. The molecular weight excluding hydrogens is 392 g/mol. The molecule has 0 bridgehead atoms. The molecule has 0 N–H and O–H groups in total. The number of nitriles is 1. The first-order chi connectivity index (χ1) is 10.0.